The zero-order chi connectivity index (χ0) is 22.4. The van der Waals surface area contributed by atoms with Crippen LogP contribution in [-0.2, 0) is 0 Å². The lowest BCUT2D eigenvalue weighted by molar-refractivity contribution is 0.866. The Morgan fingerprint density at radius 3 is 2.06 bits per heavy atom. The quantitative estimate of drug-likeness (QED) is 0.262. The lowest BCUT2D eigenvalue weighted by Gasteiger charge is -2.26. The van der Waals surface area contributed by atoms with Crippen molar-refractivity contribution in [1.29, 1.82) is 0 Å². The van der Waals surface area contributed by atoms with Crippen molar-refractivity contribution in [2.75, 3.05) is 4.90 Å². The first-order valence-electron chi connectivity index (χ1n) is 11.5. The number of thiophene rings is 1. The Labute approximate surface area is 198 Å². The predicted molar refractivity (Wildman–Crippen MR) is 146 cm³/mol. The fourth-order valence-corrected chi connectivity index (χ4v) is 5.86. The van der Waals surface area contributed by atoms with Gasteiger partial charge in [-0.05, 0) is 64.7 Å². The molecule has 0 fully saturated rings. The van der Waals surface area contributed by atoms with Gasteiger partial charge in [-0.15, -0.1) is 11.3 Å². The molecular weight excluding hydrogens is 418 g/mol. The van der Waals surface area contributed by atoms with E-state index in [0.29, 0.717) is 5.92 Å². The van der Waals surface area contributed by atoms with E-state index in [1.54, 1.807) is 0 Å². The summed E-state index contributed by atoms with van der Waals surface area (Å²) in [6.45, 7) is 4.48. The maximum atomic E-state index is 2.35. The van der Waals surface area contributed by atoms with E-state index in [4.69, 9.17) is 0 Å². The predicted octanol–water partition coefficient (Wildman–Crippen LogP) is 9.80. The minimum absolute atomic E-state index is 0.522. The second kappa shape index (κ2) is 8.06. The summed E-state index contributed by atoms with van der Waals surface area (Å²) in [6.07, 6.45) is 0. The van der Waals surface area contributed by atoms with Crippen molar-refractivity contribution >= 4 is 59.3 Å². The molecule has 0 saturated heterocycles. The molecule has 5 aromatic carbocycles. The topological polar surface area (TPSA) is 3.24 Å². The van der Waals surface area contributed by atoms with Gasteiger partial charge < -0.3 is 4.90 Å². The van der Waals surface area contributed by atoms with Crippen LogP contribution in [0.3, 0.4) is 0 Å². The number of para-hydroxylation sites is 1. The average Bonchev–Trinajstić information content (AvgIpc) is 3.24. The van der Waals surface area contributed by atoms with Gasteiger partial charge in [0.15, 0.2) is 0 Å². The zero-order valence-electron chi connectivity index (χ0n) is 18.8. The smallest absolute Gasteiger partial charge is 0.0476 e. The highest BCUT2D eigenvalue weighted by Crippen LogP contribution is 2.42. The standard InChI is InChI=1S/C31H25NS/c1-21(2)22-12-15-25(16-13-22)32(24-9-4-3-5-10-24)26-17-18-28-30(20-26)33-29-19-14-23-8-6-7-11-27(23)31(28)29/h3-21H,1-2H3. The molecule has 0 radical (unpaired) electrons. The SMILES string of the molecule is CC(C)c1ccc(N(c2ccccc2)c2ccc3c(c2)sc2ccc4ccccc4c23)cc1. The molecule has 33 heavy (non-hydrogen) atoms. The van der Waals surface area contributed by atoms with Crippen molar-refractivity contribution in [3.8, 4) is 0 Å². The number of hydrogen-bond donors (Lipinski definition) is 0. The molecule has 0 atom stereocenters. The van der Waals surface area contributed by atoms with E-state index in [9.17, 15) is 0 Å². The Balaban J connectivity index is 1.54. The summed E-state index contributed by atoms with van der Waals surface area (Å²) in [5.41, 5.74) is 4.89. The largest absolute Gasteiger partial charge is 0.310 e. The molecule has 0 unspecified atom stereocenters. The summed E-state index contributed by atoms with van der Waals surface area (Å²) in [6, 6.07) is 39.7. The maximum absolute atomic E-state index is 2.35. The second-order valence-electron chi connectivity index (χ2n) is 8.86. The Hall–Kier alpha value is -3.62. The van der Waals surface area contributed by atoms with E-state index in [1.165, 1.54) is 53.6 Å². The summed E-state index contributed by atoms with van der Waals surface area (Å²) in [5, 5.41) is 5.33. The molecule has 1 heterocycles. The molecule has 0 amide bonds. The van der Waals surface area contributed by atoms with E-state index in [2.05, 4.69) is 128 Å². The van der Waals surface area contributed by atoms with E-state index in [-0.39, 0.29) is 0 Å². The van der Waals surface area contributed by atoms with Gasteiger partial charge in [0, 0.05) is 37.2 Å². The molecule has 0 bridgehead atoms. The molecule has 0 aliphatic rings. The van der Waals surface area contributed by atoms with Gasteiger partial charge in [0.1, 0.15) is 0 Å². The lowest BCUT2D eigenvalue weighted by atomic mass is 10.0. The van der Waals surface area contributed by atoms with Gasteiger partial charge in [-0.2, -0.15) is 0 Å². The monoisotopic (exact) mass is 443 g/mol. The van der Waals surface area contributed by atoms with Crippen molar-refractivity contribution in [2.45, 2.75) is 19.8 Å². The molecule has 160 valence electrons. The molecule has 0 spiro atoms. The first-order chi connectivity index (χ1) is 16.2. The molecule has 2 heteroatoms. The van der Waals surface area contributed by atoms with Gasteiger partial charge in [-0.25, -0.2) is 0 Å². The van der Waals surface area contributed by atoms with Crippen LogP contribution in [-0.4, -0.2) is 0 Å². The van der Waals surface area contributed by atoms with Gasteiger partial charge in [-0.3, -0.25) is 0 Å². The van der Waals surface area contributed by atoms with Crippen molar-refractivity contribution in [1.82, 2.24) is 0 Å². The molecule has 1 nitrogen and oxygen atoms in total. The Kier molecular flexibility index (Phi) is 4.89. The Morgan fingerprint density at radius 1 is 0.576 bits per heavy atom. The van der Waals surface area contributed by atoms with E-state index < -0.39 is 0 Å². The highest BCUT2D eigenvalue weighted by molar-refractivity contribution is 7.26. The van der Waals surface area contributed by atoms with Crippen LogP contribution in [0.1, 0.15) is 25.3 Å². The first kappa shape index (κ1) is 20.0. The Bertz CT molecular complexity index is 1580. The molecule has 0 aliphatic heterocycles. The van der Waals surface area contributed by atoms with E-state index >= 15 is 0 Å². The number of rotatable bonds is 4. The number of fused-ring (bicyclic) bond motifs is 5. The van der Waals surface area contributed by atoms with Gasteiger partial charge in [0.05, 0.1) is 0 Å². The minimum Gasteiger partial charge on any atom is -0.310 e. The summed E-state index contributed by atoms with van der Waals surface area (Å²) in [5.74, 6) is 0.522. The van der Waals surface area contributed by atoms with Crippen LogP contribution < -0.4 is 4.90 Å². The molecule has 0 aliphatic carbocycles. The van der Waals surface area contributed by atoms with Gasteiger partial charge in [-0.1, -0.05) is 80.6 Å². The lowest BCUT2D eigenvalue weighted by Crippen LogP contribution is -2.09. The maximum Gasteiger partial charge on any atom is 0.0476 e. The van der Waals surface area contributed by atoms with Crippen LogP contribution in [0.15, 0.2) is 109 Å². The van der Waals surface area contributed by atoms with Crippen LogP contribution in [0.5, 0.6) is 0 Å². The zero-order valence-corrected chi connectivity index (χ0v) is 19.6. The third kappa shape index (κ3) is 3.48. The highest BCUT2D eigenvalue weighted by Gasteiger charge is 2.15. The van der Waals surface area contributed by atoms with Crippen molar-refractivity contribution in [3.05, 3.63) is 115 Å². The molecule has 0 N–H and O–H groups in total. The van der Waals surface area contributed by atoms with Gasteiger partial charge in [0.25, 0.3) is 0 Å². The Morgan fingerprint density at radius 2 is 1.27 bits per heavy atom. The van der Waals surface area contributed by atoms with Gasteiger partial charge in [0.2, 0.25) is 0 Å². The second-order valence-corrected chi connectivity index (χ2v) is 9.94. The highest BCUT2D eigenvalue weighted by atomic mass is 32.1. The molecular formula is C31H25NS. The van der Waals surface area contributed by atoms with Crippen LogP contribution in [0.4, 0.5) is 17.1 Å². The fourth-order valence-electron chi connectivity index (χ4n) is 4.71. The van der Waals surface area contributed by atoms with Crippen molar-refractivity contribution in [3.63, 3.8) is 0 Å². The summed E-state index contributed by atoms with van der Waals surface area (Å²) >= 11 is 1.88. The fraction of sp³-hybridized carbons (Fsp3) is 0.0968. The molecule has 6 rings (SSSR count). The number of nitrogens with zero attached hydrogens (tertiary/aromatic N) is 1. The number of anilines is 3. The van der Waals surface area contributed by atoms with Crippen LogP contribution in [0.25, 0.3) is 30.9 Å². The number of hydrogen-bond acceptors (Lipinski definition) is 2. The van der Waals surface area contributed by atoms with E-state index in [0.717, 1.165) is 0 Å². The van der Waals surface area contributed by atoms with Gasteiger partial charge >= 0.3 is 0 Å². The normalized spacial score (nSPS) is 11.6. The van der Waals surface area contributed by atoms with Crippen molar-refractivity contribution < 1.29 is 0 Å². The summed E-state index contributed by atoms with van der Waals surface area (Å²) in [4.78, 5) is 2.35. The molecule has 6 aromatic rings. The van der Waals surface area contributed by atoms with Crippen LogP contribution >= 0.6 is 11.3 Å². The molecule has 1 aromatic heterocycles. The van der Waals surface area contributed by atoms with Crippen molar-refractivity contribution in [2.24, 2.45) is 0 Å². The van der Waals surface area contributed by atoms with E-state index in [1.807, 2.05) is 11.3 Å². The third-order valence-corrected chi connectivity index (χ3v) is 7.55. The minimum atomic E-state index is 0.522. The first-order valence-corrected chi connectivity index (χ1v) is 12.3. The van der Waals surface area contributed by atoms with Crippen LogP contribution in [0, 0.1) is 0 Å². The van der Waals surface area contributed by atoms with Crippen LogP contribution in [0.2, 0.25) is 0 Å². The number of benzene rings is 5. The third-order valence-electron chi connectivity index (χ3n) is 6.44. The molecule has 0 saturated carbocycles. The summed E-state index contributed by atoms with van der Waals surface area (Å²) < 4.78 is 2.66. The average molecular weight is 444 g/mol. The summed E-state index contributed by atoms with van der Waals surface area (Å²) in [7, 11) is 0.